The van der Waals surface area contributed by atoms with Crippen LogP contribution in [0.5, 0.6) is 0 Å². The molecule has 1 aromatic rings. The topological polar surface area (TPSA) is 46.2 Å². The maximum Gasteiger partial charge on any atom is 0.251 e. The third-order valence-corrected chi connectivity index (χ3v) is 3.77. The summed E-state index contributed by atoms with van der Waals surface area (Å²) >= 11 is 3.34. The van der Waals surface area contributed by atoms with Crippen molar-refractivity contribution >= 4 is 32.6 Å². The Kier molecular flexibility index (Phi) is 5.33. The van der Waals surface area contributed by atoms with Crippen LogP contribution in [0.2, 0.25) is 0 Å². The summed E-state index contributed by atoms with van der Waals surface area (Å²) in [5, 5.41) is 2.84. The van der Waals surface area contributed by atoms with Crippen LogP contribution >= 0.6 is 15.9 Å². The van der Waals surface area contributed by atoms with E-state index in [1.165, 1.54) is 0 Å². The van der Waals surface area contributed by atoms with Gasteiger partial charge in [0.1, 0.15) is 0 Å². The van der Waals surface area contributed by atoms with Crippen molar-refractivity contribution < 1.29 is 9.00 Å². The molecule has 0 aliphatic heterocycles. The molecule has 0 fully saturated rings. The standard InChI is InChI=1S/C12H16BrNO2S/c1-8-4-5-10(13)6-11(8)12(15)14-9(2)7-17(3)16/h4-6,9H,7H2,1-3H3,(H,14,15). The predicted octanol–water partition coefficient (Wildman–Crippen LogP) is 2.25. The van der Waals surface area contributed by atoms with Crippen LogP contribution in [0.15, 0.2) is 22.7 Å². The fourth-order valence-electron chi connectivity index (χ4n) is 1.53. The quantitative estimate of drug-likeness (QED) is 0.925. The second-order valence-electron chi connectivity index (χ2n) is 4.07. The smallest absolute Gasteiger partial charge is 0.251 e. The van der Waals surface area contributed by atoms with E-state index in [0.717, 1.165) is 10.0 Å². The van der Waals surface area contributed by atoms with Gasteiger partial charge in [-0.1, -0.05) is 22.0 Å². The van der Waals surface area contributed by atoms with Crippen molar-refractivity contribution in [2.45, 2.75) is 19.9 Å². The maximum atomic E-state index is 12.0. The van der Waals surface area contributed by atoms with Crippen LogP contribution in [-0.2, 0) is 10.8 Å². The Hall–Kier alpha value is -0.680. The Labute approximate surface area is 113 Å². The fraction of sp³-hybridized carbons (Fsp3) is 0.417. The van der Waals surface area contributed by atoms with Crippen molar-refractivity contribution in [2.24, 2.45) is 0 Å². The summed E-state index contributed by atoms with van der Waals surface area (Å²) in [5.74, 6) is 0.348. The lowest BCUT2D eigenvalue weighted by Crippen LogP contribution is -2.36. The summed E-state index contributed by atoms with van der Waals surface area (Å²) in [6.45, 7) is 3.75. The molecule has 0 aromatic heterocycles. The Balaban J connectivity index is 2.76. The summed E-state index contributed by atoms with van der Waals surface area (Å²) in [7, 11) is -0.902. The molecule has 2 atom stereocenters. The van der Waals surface area contributed by atoms with Crippen LogP contribution < -0.4 is 5.32 Å². The molecule has 0 heterocycles. The molecule has 17 heavy (non-hydrogen) atoms. The first kappa shape index (κ1) is 14.4. The van der Waals surface area contributed by atoms with Gasteiger partial charge in [0, 0.05) is 38.9 Å². The van der Waals surface area contributed by atoms with Gasteiger partial charge in [0.05, 0.1) is 0 Å². The minimum atomic E-state index is -0.902. The zero-order valence-corrected chi connectivity index (χ0v) is 12.5. The van der Waals surface area contributed by atoms with Crippen LogP contribution in [0.1, 0.15) is 22.8 Å². The Morgan fingerprint density at radius 1 is 1.53 bits per heavy atom. The SMILES string of the molecule is Cc1ccc(Br)cc1C(=O)NC(C)CS(C)=O. The number of benzene rings is 1. The van der Waals surface area contributed by atoms with Gasteiger partial charge in [-0.05, 0) is 31.5 Å². The molecule has 0 aliphatic rings. The minimum absolute atomic E-state index is 0.0910. The van der Waals surface area contributed by atoms with E-state index in [1.807, 2.05) is 26.0 Å². The molecule has 3 nitrogen and oxygen atoms in total. The van der Waals surface area contributed by atoms with Gasteiger partial charge in [-0.3, -0.25) is 9.00 Å². The lowest BCUT2D eigenvalue weighted by molar-refractivity contribution is 0.0943. The maximum absolute atomic E-state index is 12.0. The number of carbonyl (C=O) groups is 1. The highest BCUT2D eigenvalue weighted by Crippen LogP contribution is 2.16. The lowest BCUT2D eigenvalue weighted by atomic mass is 10.1. The molecule has 0 saturated carbocycles. The molecule has 1 amide bonds. The largest absolute Gasteiger partial charge is 0.349 e. The van der Waals surface area contributed by atoms with E-state index in [0.29, 0.717) is 11.3 Å². The average molecular weight is 318 g/mol. The van der Waals surface area contributed by atoms with Gasteiger partial charge in [0.2, 0.25) is 0 Å². The highest BCUT2D eigenvalue weighted by molar-refractivity contribution is 9.10. The van der Waals surface area contributed by atoms with E-state index < -0.39 is 10.8 Å². The van der Waals surface area contributed by atoms with E-state index in [2.05, 4.69) is 21.2 Å². The zero-order chi connectivity index (χ0) is 13.0. The summed E-state index contributed by atoms with van der Waals surface area (Å²) < 4.78 is 11.9. The van der Waals surface area contributed by atoms with E-state index in [-0.39, 0.29) is 11.9 Å². The van der Waals surface area contributed by atoms with Gasteiger partial charge in [0.15, 0.2) is 0 Å². The molecule has 0 radical (unpaired) electrons. The third-order valence-electron chi connectivity index (χ3n) is 2.31. The first-order chi connectivity index (χ1) is 7.90. The lowest BCUT2D eigenvalue weighted by Gasteiger charge is -2.13. The number of carbonyl (C=O) groups excluding carboxylic acids is 1. The first-order valence-electron chi connectivity index (χ1n) is 5.27. The molecular weight excluding hydrogens is 302 g/mol. The summed E-state index contributed by atoms with van der Waals surface area (Å²) in [6, 6.07) is 5.49. The molecule has 94 valence electrons. The highest BCUT2D eigenvalue weighted by atomic mass is 79.9. The van der Waals surface area contributed by atoms with Crippen molar-refractivity contribution in [3.8, 4) is 0 Å². The predicted molar refractivity (Wildman–Crippen MR) is 74.7 cm³/mol. The molecule has 0 spiro atoms. The molecule has 1 rings (SSSR count). The average Bonchev–Trinajstić information content (AvgIpc) is 2.20. The van der Waals surface area contributed by atoms with Crippen molar-refractivity contribution in [1.29, 1.82) is 0 Å². The molecule has 1 aromatic carbocycles. The number of hydrogen-bond donors (Lipinski definition) is 1. The van der Waals surface area contributed by atoms with Crippen LogP contribution in [0.4, 0.5) is 0 Å². The van der Waals surface area contributed by atoms with E-state index in [9.17, 15) is 9.00 Å². The van der Waals surface area contributed by atoms with Crippen LogP contribution in [-0.4, -0.2) is 28.2 Å². The second kappa shape index (κ2) is 6.31. The number of hydrogen-bond acceptors (Lipinski definition) is 2. The number of halogens is 1. The highest BCUT2D eigenvalue weighted by Gasteiger charge is 2.13. The molecule has 0 aliphatic carbocycles. The molecule has 0 bridgehead atoms. The molecule has 0 saturated heterocycles. The van der Waals surface area contributed by atoms with Gasteiger partial charge in [0.25, 0.3) is 5.91 Å². The monoisotopic (exact) mass is 317 g/mol. The van der Waals surface area contributed by atoms with Crippen molar-refractivity contribution in [3.63, 3.8) is 0 Å². The molecule has 1 N–H and O–H groups in total. The van der Waals surface area contributed by atoms with Gasteiger partial charge in [-0.2, -0.15) is 0 Å². The third kappa shape index (κ3) is 4.60. The number of aryl methyl sites for hydroxylation is 1. The van der Waals surface area contributed by atoms with Crippen LogP contribution in [0, 0.1) is 6.92 Å². The van der Waals surface area contributed by atoms with Gasteiger partial charge in [-0.15, -0.1) is 0 Å². The number of rotatable bonds is 4. The molecule has 2 unspecified atom stereocenters. The Morgan fingerprint density at radius 2 is 2.18 bits per heavy atom. The zero-order valence-electron chi connectivity index (χ0n) is 10.1. The first-order valence-corrected chi connectivity index (χ1v) is 7.79. The fourth-order valence-corrected chi connectivity index (χ4v) is 2.68. The Morgan fingerprint density at radius 3 is 2.76 bits per heavy atom. The van der Waals surface area contributed by atoms with E-state index in [1.54, 1.807) is 12.3 Å². The van der Waals surface area contributed by atoms with Crippen LogP contribution in [0.25, 0.3) is 0 Å². The van der Waals surface area contributed by atoms with E-state index in [4.69, 9.17) is 0 Å². The second-order valence-corrected chi connectivity index (χ2v) is 6.47. The van der Waals surface area contributed by atoms with Crippen molar-refractivity contribution in [1.82, 2.24) is 5.32 Å². The normalized spacial score (nSPS) is 14.1. The number of nitrogens with one attached hydrogen (secondary N) is 1. The van der Waals surface area contributed by atoms with Crippen molar-refractivity contribution in [2.75, 3.05) is 12.0 Å². The number of amides is 1. The minimum Gasteiger partial charge on any atom is -0.349 e. The van der Waals surface area contributed by atoms with Gasteiger partial charge >= 0.3 is 0 Å². The van der Waals surface area contributed by atoms with Crippen molar-refractivity contribution in [3.05, 3.63) is 33.8 Å². The van der Waals surface area contributed by atoms with E-state index >= 15 is 0 Å². The molecular formula is C12H16BrNO2S. The Bertz CT molecular complexity index is 448. The summed E-state index contributed by atoms with van der Waals surface area (Å²) in [5.41, 5.74) is 1.57. The summed E-state index contributed by atoms with van der Waals surface area (Å²) in [6.07, 6.45) is 1.63. The van der Waals surface area contributed by atoms with Gasteiger partial charge < -0.3 is 5.32 Å². The summed E-state index contributed by atoms with van der Waals surface area (Å²) in [4.78, 5) is 12.0. The van der Waals surface area contributed by atoms with Crippen LogP contribution in [0.3, 0.4) is 0 Å². The molecule has 5 heteroatoms. The van der Waals surface area contributed by atoms with Gasteiger partial charge in [-0.25, -0.2) is 0 Å².